The molecular weight excluding hydrogens is 1030 g/mol. The minimum atomic E-state index is -0.841. The lowest BCUT2D eigenvalue weighted by atomic mass is 10.0. The van der Waals surface area contributed by atoms with Gasteiger partial charge in [-0.15, -0.1) is 0 Å². The van der Waals surface area contributed by atoms with E-state index in [1.54, 1.807) is 6.08 Å². The number of allylic oxidation sites excluding steroid dienone is 7. The zero-order valence-corrected chi connectivity index (χ0v) is 56.6. The van der Waals surface area contributed by atoms with Crippen LogP contribution in [0, 0.1) is 0 Å². The summed E-state index contributed by atoms with van der Waals surface area (Å²) in [5, 5.41) is 23.1. The summed E-state index contributed by atoms with van der Waals surface area (Å²) in [5.74, 6) is -0.0490. The summed E-state index contributed by atoms with van der Waals surface area (Å²) in [6.45, 7) is 4.90. The highest BCUT2D eigenvalue weighted by Crippen LogP contribution is 2.19. The predicted octanol–water partition coefficient (Wildman–Crippen LogP) is 24.8. The maximum absolute atomic E-state index is 12.5. The van der Waals surface area contributed by atoms with Gasteiger partial charge in [-0.3, -0.25) is 9.59 Å². The van der Waals surface area contributed by atoms with E-state index in [4.69, 9.17) is 4.74 Å². The fourth-order valence-corrected chi connectivity index (χ4v) is 11.8. The molecule has 0 aromatic carbocycles. The first kappa shape index (κ1) is 81.8. The number of ether oxygens (including phenoxy) is 1. The molecule has 0 aliphatic heterocycles. The van der Waals surface area contributed by atoms with Crippen molar-refractivity contribution in [2.45, 2.75) is 424 Å². The third-order valence-electron chi connectivity index (χ3n) is 17.6. The topological polar surface area (TPSA) is 95.9 Å². The molecule has 2 atom stereocenters. The maximum atomic E-state index is 12.5. The van der Waals surface area contributed by atoms with Crippen LogP contribution in [0.2, 0.25) is 0 Å². The van der Waals surface area contributed by atoms with Gasteiger partial charge in [0, 0.05) is 12.8 Å². The maximum Gasteiger partial charge on any atom is 0.305 e. The SMILES string of the molecule is CCCCC/C=C\C/C=C\CCCCCCCCCC(=O)OCCCCCCCCCCCCCCCCCC/C=C\CCCCCCCCCCCCCCCCCCCC(=O)NC(CO)C(O)/C=C/CCCCCCCCCCCCC. The van der Waals surface area contributed by atoms with Gasteiger partial charge in [-0.25, -0.2) is 0 Å². The van der Waals surface area contributed by atoms with Crippen molar-refractivity contribution in [1.82, 2.24) is 5.32 Å². The largest absolute Gasteiger partial charge is 0.466 e. The molecule has 0 saturated carbocycles. The van der Waals surface area contributed by atoms with Crippen molar-refractivity contribution < 1.29 is 24.5 Å². The van der Waals surface area contributed by atoms with Crippen LogP contribution in [0.3, 0.4) is 0 Å². The minimum Gasteiger partial charge on any atom is -0.466 e. The van der Waals surface area contributed by atoms with E-state index in [2.05, 4.69) is 55.6 Å². The number of nitrogens with one attached hydrogen (secondary N) is 1. The predicted molar refractivity (Wildman–Crippen MR) is 370 cm³/mol. The van der Waals surface area contributed by atoms with Gasteiger partial charge < -0.3 is 20.3 Å². The zero-order chi connectivity index (χ0) is 60.6. The third kappa shape index (κ3) is 68.9. The molecular formula is C78H147NO5. The van der Waals surface area contributed by atoms with Crippen LogP contribution in [0.25, 0.3) is 0 Å². The van der Waals surface area contributed by atoms with E-state index in [1.807, 2.05) is 6.08 Å². The molecule has 84 heavy (non-hydrogen) atoms. The molecule has 2 unspecified atom stereocenters. The third-order valence-corrected chi connectivity index (χ3v) is 17.6. The van der Waals surface area contributed by atoms with Crippen LogP contribution in [-0.2, 0) is 14.3 Å². The quantitative estimate of drug-likeness (QED) is 0.0320. The first-order chi connectivity index (χ1) is 41.5. The summed E-state index contributed by atoms with van der Waals surface area (Å²) in [6.07, 6.45) is 96.6. The first-order valence-electron chi connectivity index (χ1n) is 37.9. The number of carbonyl (C=O) groups excluding carboxylic acids is 2. The summed E-state index contributed by atoms with van der Waals surface area (Å²) in [4.78, 5) is 24.6. The van der Waals surface area contributed by atoms with Crippen LogP contribution >= 0.6 is 0 Å². The zero-order valence-electron chi connectivity index (χ0n) is 56.6. The Labute approximate surface area is 525 Å². The van der Waals surface area contributed by atoms with Gasteiger partial charge in [0.05, 0.1) is 25.4 Å². The fraction of sp³-hybridized carbons (Fsp3) is 0.872. The molecule has 0 heterocycles. The van der Waals surface area contributed by atoms with Crippen molar-refractivity contribution in [2.75, 3.05) is 13.2 Å². The van der Waals surface area contributed by atoms with Crippen molar-refractivity contribution in [3.8, 4) is 0 Å². The summed E-state index contributed by atoms with van der Waals surface area (Å²) >= 11 is 0. The molecule has 0 aliphatic rings. The van der Waals surface area contributed by atoms with Crippen LogP contribution in [0.1, 0.15) is 412 Å². The average molecular weight is 1180 g/mol. The van der Waals surface area contributed by atoms with Crippen molar-refractivity contribution in [3.05, 3.63) is 48.6 Å². The highest BCUT2D eigenvalue weighted by atomic mass is 16.5. The number of hydrogen-bond acceptors (Lipinski definition) is 5. The normalized spacial score (nSPS) is 12.8. The lowest BCUT2D eigenvalue weighted by molar-refractivity contribution is -0.143. The van der Waals surface area contributed by atoms with Gasteiger partial charge in [-0.1, -0.05) is 358 Å². The second-order valence-corrected chi connectivity index (χ2v) is 26.0. The lowest BCUT2D eigenvalue weighted by Crippen LogP contribution is -2.45. The van der Waals surface area contributed by atoms with Crippen LogP contribution < -0.4 is 5.32 Å². The molecule has 0 spiro atoms. The highest BCUT2D eigenvalue weighted by molar-refractivity contribution is 5.76. The molecule has 0 radical (unpaired) electrons. The van der Waals surface area contributed by atoms with E-state index in [-0.39, 0.29) is 18.5 Å². The number of carbonyl (C=O) groups is 2. The van der Waals surface area contributed by atoms with Crippen molar-refractivity contribution in [1.29, 1.82) is 0 Å². The number of esters is 1. The summed E-state index contributed by atoms with van der Waals surface area (Å²) < 4.78 is 5.50. The fourth-order valence-electron chi connectivity index (χ4n) is 11.8. The number of amides is 1. The minimum absolute atomic E-state index is 0.0137. The van der Waals surface area contributed by atoms with Crippen LogP contribution in [-0.4, -0.2) is 47.4 Å². The molecule has 6 nitrogen and oxygen atoms in total. The van der Waals surface area contributed by atoms with Crippen LogP contribution in [0.4, 0.5) is 0 Å². The highest BCUT2D eigenvalue weighted by Gasteiger charge is 2.18. The Balaban J connectivity index is 3.33. The number of aliphatic hydroxyl groups is 2. The van der Waals surface area contributed by atoms with Gasteiger partial charge in [0.2, 0.25) is 5.91 Å². The van der Waals surface area contributed by atoms with E-state index >= 15 is 0 Å². The van der Waals surface area contributed by atoms with E-state index in [0.717, 1.165) is 51.4 Å². The lowest BCUT2D eigenvalue weighted by Gasteiger charge is -2.20. The molecule has 0 bridgehead atoms. The summed E-state index contributed by atoms with van der Waals surface area (Å²) in [7, 11) is 0. The monoisotopic (exact) mass is 1180 g/mol. The Morgan fingerprint density at radius 1 is 0.333 bits per heavy atom. The summed E-state index contributed by atoms with van der Waals surface area (Å²) in [6, 6.07) is -0.624. The number of aliphatic hydroxyl groups excluding tert-OH is 2. The molecule has 0 saturated heterocycles. The van der Waals surface area contributed by atoms with Crippen molar-refractivity contribution in [3.63, 3.8) is 0 Å². The van der Waals surface area contributed by atoms with Gasteiger partial charge in [-0.2, -0.15) is 0 Å². The van der Waals surface area contributed by atoms with Gasteiger partial charge in [0.15, 0.2) is 0 Å². The molecule has 0 aromatic rings. The number of hydrogen-bond donors (Lipinski definition) is 3. The Kier molecular flexibility index (Phi) is 71.4. The van der Waals surface area contributed by atoms with E-state index in [0.29, 0.717) is 19.4 Å². The first-order valence-corrected chi connectivity index (χ1v) is 37.9. The smallest absolute Gasteiger partial charge is 0.305 e. The second-order valence-electron chi connectivity index (χ2n) is 26.0. The van der Waals surface area contributed by atoms with Crippen LogP contribution in [0.15, 0.2) is 48.6 Å². The van der Waals surface area contributed by atoms with E-state index in [1.165, 1.54) is 334 Å². The Morgan fingerprint density at radius 3 is 0.940 bits per heavy atom. The molecule has 1 amide bonds. The second kappa shape index (κ2) is 73.3. The molecule has 6 heteroatoms. The number of unbranched alkanes of at least 4 members (excludes halogenated alkanes) is 54. The van der Waals surface area contributed by atoms with Crippen molar-refractivity contribution in [2.24, 2.45) is 0 Å². The standard InChI is InChI=1S/C78H147NO5/c1-3-5-7-9-11-13-15-17-18-40-44-48-52-56-60-64-68-72-78(83)84-73-69-65-61-57-53-49-45-42-39-37-35-33-31-29-27-25-23-21-19-20-22-24-26-28-30-32-34-36-38-41-43-47-51-55-59-63-67-71-77(82)79-75(74-80)76(81)70-66-62-58-54-50-46-16-14-12-10-8-6-4-2/h11,13,17-19,21,66,70,75-76,80-81H,3-10,12,14-16,20,22-65,67-69,71-74H2,1-2H3,(H,79,82)/b13-11-,18-17-,21-19-,70-66+. The molecule has 0 fully saturated rings. The molecule has 0 aliphatic carbocycles. The number of rotatable bonds is 71. The van der Waals surface area contributed by atoms with E-state index < -0.39 is 12.1 Å². The summed E-state index contributed by atoms with van der Waals surface area (Å²) in [5.41, 5.74) is 0. The molecule has 0 aromatic heterocycles. The van der Waals surface area contributed by atoms with Crippen molar-refractivity contribution >= 4 is 11.9 Å². The molecule has 494 valence electrons. The van der Waals surface area contributed by atoms with Gasteiger partial charge in [-0.05, 0) is 89.9 Å². The van der Waals surface area contributed by atoms with Gasteiger partial charge in [0.1, 0.15) is 0 Å². The molecule has 3 N–H and O–H groups in total. The Hall–Kier alpha value is -2.18. The average Bonchev–Trinajstić information content (AvgIpc) is 3.54. The molecule has 0 rings (SSSR count). The Bertz CT molecular complexity index is 1400. The van der Waals surface area contributed by atoms with Crippen LogP contribution in [0.5, 0.6) is 0 Å². The Morgan fingerprint density at radius 2 is 0.595 bits per heavy atom. The van der Waals surface area contributed by atoms with Gasteiger partial charge in [0.25, 0.3) is 0 Å². The van der Waals surface area contributed by atoms with E-state index in [9.17, 15) is 19.8 Å². The van der Waals surface area contributed by atoms with Gasteiger partial charge >= 0.3 is 5.97 Å².